The number of halogens is 2. The van der Waals surface area contributed by atoms with Gasteiger partial charge in [-0.2, -0.15) is 0 Å². The first-order valence-electron chi connectivity index (χ1n) is 9.70. The van der Waals surface area contributed by atoms with Gasteiger partial charge in [0.25, 0.3) is 5.54 Å². The highest BCUT2D eigenvalue weighted by molar-refractivity contribution is 5.85. The van der Waals surface area contributed by atoms with E-state index in [1.165, 1.54) is 18.2 Å². The molecule has 2 aromatic carbocycles. The number of ether oxygens (including phenoxy) is 4. The Morgan fingerprint density at radius 2 is 1.28 bits per heavy atom. The predicted octanol–water partition coefficient (Wildman–Crippen LogP) is 4.77. The zero-order chi connectivity index (χ0) is 21.8. The smallest absolute Gasteiger partial charge is 0.314 e. The van der Waals surface area contributed by atoms with Crippen LogP contribution in [0.2, 0.25) is 0 Å². The maximum Gasteiger partial charge on any atom is 0.314 e. The Labute approximate surface area is 183 Å². The molecule has 7 nitrogen and oxygen atoms in total. The summed E-state index contributed by atoms with van der Waals surface area (Å²) in [7, 11) is 0. The van der Waals surface area contributed by atoms with Gasteiger partial charge in [-0.1, -0.05) is 7.43 Å². The van der Waals surface area contributed by atoms with Crippen LogP contribution < -0.4 is 18.9 Å². The Hall–Kier alpha value is -3.54. The maximum absolute atomic E-state index is 13.7. The molecule has 2 fully saturated rings. The van der Waals surface area contributed by atoms with Crippen LogP contribution in [0.1, 0.15) is 44.2 Å². The minimum absolute atomic E-state index is 0. The SMILES string of the molecule is C.O=C(O)C1(c2cc3c(cc2F)OCO3)CC1.[C-]#[N+]C1(c2cc3c(cc2F)OCO3)CC1. The highest BCUT2D eigenvalue weighted by Gasteiger charge is 2.55. The molecule has 4 aliphatic rings. The lowest BCUT2D eigenvalue weighted by atomic mass is 9.95. The Morgan fingerprint density at radius 3 is 1.69 bits per heavy atom. The Balaban J connectivity index is 0.000000149. The van der Waals surface area contributed by atoms with E-state index in [2.05, 4.69) is 4.85 Å². The molecular weight excluding hydrogens is 424 g/mol. The summed E-state index contributed by atoms with van der Waals surface area (Å²) in [6.45, 7) is 7.27. The average molecular weight is 445 g/mol. The molecule has 32 heavy (non-hydrogen) atoms. The highest BCUT2D eigenvalue weighted by atomic mass is 19.1. The minimum Gasteiger partial charge on any atom is -0.481 e. The third-order valence-corrected chi connectivity index (χ3v) is 6.04. The Bertz CT molecular complexity index is 1130. The van der Waals surface area contributed by atoms with E-state index < -0.39 is 22.7 Å². The van der Waals surface area contributed by atoms with Crippen LogP contribution in [0, 0.1) is 18.2 Å². The van der Waals surface area contributed by atoms with Gasteiger partial charge in [0.15, 0.2) is 23.0 Å². The molecule has 6 rings (SSSR count). The summed E-state index contributed by atoms with van der Waals surface area (Å²) in [5, 5.41) is 9.09. The van der Waals surface area contributed by atoms with Crippen molar-refractivity contribution in [3.63, 3.8) is 0 Å². The van der Waals surface area contributed by atoms with Crippen LogP contribution in [0.4, 0.5) is 8.78 Å². The number of carboxylic acid groups (broad SMARTS) is 1. The fourth-order valence-electron chi connectivity index (χ4n) is 3.84. The monoisotopic (exact) mass is 445 g/mol. The zero-order valence-corrected chi connectivity index (χ0v) is 16.2. The topological polar surface area (TPSA) is 78.6 Å². The van der Waals surface area contributed by atoms with E-state index >= 15 is 0 Å². The third kappa shape index (κ3) is 3.36. The molecule has 0 saturated heterocycles. The van der Waals surface area contributed by atoms with Crippen molar-refractivity contribution < 1.29 is 37.6 Å². The normalized spacial score (nSPS) is 19.0. The van der Waals surface area contributed by atoms with E-state index in [1.54, 1.807) is 6.07 Å². The summed E-state index contributed by atoms with van der Waals surface area (Å²) in [6.07, 6.45) is 2.40. The average Bonchev–Trinajstić information content (AvgIpc) is 3.64. The molecule has 2 heterocycles. The highest BCUT2D eigenvalue weighted by Crippen LogP contribution is 2.53. The summed E-state index contributed by atoms with van der Waals surface area (Å²) < 4.78 is 47.8. The van der Waals surface area contributed by atoms with E-state index in [1.807, 2.05) is 0 Å². The van der Waals surface area contributed by atoms with Crippen molar-refractivity contribution in [2.24, 2.45) is 0 Å². The molecule has 168 valence electrons. The van der Waals surface area contributed by atoms with Gasteiger partial charge < -0.3 is 28.9 Å². The van der Waals surface area contributed by atoms with Gasteiger partial charge in [0.1, 0.15) is 11.6 Å². The zero-order valence-electron chi connectivity index (χ0n) is 16.2. The van der Waals surface area contributed by atoms with Crippen molar-refractivity contribution >= 4 is 5.97 Å². The summed E-state index contributed by atoms with van der Waals surface area (Å²) in [4.78, 5) is 14.6. The fraction of sp³-hybridized carbons (Fsp3) is 0.391. The Morgan fingerprint density at radius 1 is 0.844 bits per heavy atom. The van der Waals surface area contributed by atoms with Crippen molar-refractivity contribution in [3.05, 3.63) is 58.4 Å². The van der Waals surface area contributed by atoms with E-state index in [0.29, 0.717) is 41.4 Å². The number of hydrogen-bond donors (Lipinski definition) is 1. The second-order valence-electron chi connectivity index (χ2n) is 7.90. The molecule has 2 aliphatic heterocycles. The number of carboxylic acids is 1. The molecule has 0 amide bonds. The van der Waals surface area contributed by atoms with E-state index in [-0.39, 0.29) is 32.4 Å². The van der Waals surface area contributed by atoms with Crippen LogP contribution in [0.25, 0.3) is 4.85 Å². The number of fused-ring (bicyclic) bond motifs is 2. The van der Waals surface area contributed by atoms with E-state index in [4.69, 9.17) is 30.6 Å². The van der Waals surface area contributed by atoms with Gasteiger partial charge in [-0.05, 0) is 25.0 Å². The van der Waals surface area contributed by atoms with Crippen molar-refractivity contribution in [3.8, 4) is 23.0 Å². The van der Waals surface area contributed by atoms with Crippen molar-refractivity contribution in [1.82, 2.24) is 0 Å². The van der Waals surface area contributed by atoms with Gasteiger partial charge >= 0.3 is 5.97 Å². The summed E-state index contributed by atoms with van der Waals surface area (Å²) >= 11 is 0. The van der Waals surface area contributed by atoms with Crippen molar-refractivity contribution in [1.29, 1.82) is 0 Å². The van der Waals surface area contributed by atoms with Crippen LogP contribution in [-0.2, 0) is 15.7 Å². The molecular formula is C23H21F2NO6. The van der Waals surface area contributed by atoms with Crippen molar-refractivity contribution in [2.45, 2.75) is 44.1 Å². The Kier molecular flexibility index (Phi) is 5.12. The molecule has 0 radical (unpaired) electrons. The standard InChI is InChI=1S/C11H8FNO2.C11H9FO4.CH4/c1-13-11(2-3-11)7-4-9-10(5-8(7)12)15-6-14-9;12-7-4-9-8(15-5-16-9)3-6(7)11(1-2-11)10(13)14;/h4-5H,2-3,6H2;3-4H,1-2,5H2,(H,13,14);1H4. The van der Waals surface area contributed by atoms with E-state index in [9.17, 15) is 13.6 Å². The van der Waals surface area contributed by atoms with Crippen LogP contribution in [-0.4, -0.2) is 24.7 Å². The first-order chi connectivity index (χ1) is 14.9. The lowest BCUT2D eigenvalue weighted by Gasteiger charge is -2.11. The number of nitrogens with zero attached hydrogens (tertiary/aromatic N) is 1. The first-order valence-corrected chi connectivity index (χ1v) is 9.70. The van der Waals surface area contributed by atoms with Gasteiger partial charge in [-0.25, -0.2) is 15.4 Å². The van der Waals surface area contributed by atoms with Gasteiger partial charge in [0, 0.05) is 30.5 Å². The maximum atomic E-state index is 13.7. The minimum atomic E-state index is -1.05. The van der Waals surface area contributed by atoms with Crippen LogP contribution in [0.5, 0.6) is 23.0 Å². The van der Waals surface area contributed by atoms with Gasteiger partial charge in [-0.3, -0.25) is 4.79 Å². The van der Waals surface area contributed by atoms with Crippen LogP contribution in [0.3, 0.4) is 0 Å². The quantitative estimate of drug-likeness (QED) is 0.686. The number of benzene rings is 2. The first kappa shape index (κ1) is 21.7. The number of carbonyl (C=O) groups is 1. The van der Waals surface area contributed by atoms with Gasteiger partial charge in [-0.15, -0.1) is 0 Å². The van der Waals surface area contributed by atoms with Crippen molar-refractivity contribution in [2.75, 3.05) is 13.6 Å². The molecule has 0 spiro atoms. The van der Waals surface area contributed by atoms with Gasteiger partial charge in [0.2, 0.25) is 13.6 Å². The summed E-state index contributed by atoms with van der Waals surface area (Å²) in [6, 6.07) is 5.55. The molecule has 1 N–H and O–H groups in total. The molecule has 0 bridgehead atoms. The number of hydrogen-bond acceptors (Lipinski definition) is 5. The lowest BCUT2D eigenvalue weighted by molar-refractivity contribution is -0.140. The molecule has 2 aliphatic carbocycles. The summed E-state index contributed by atoms with van der Waals surface area (Å²) in [5.74, 6) is -0.160. The number of aliphatic carboxylic acids is 1. The van der Waals surface area contributed by atoms with Crippen LogP contribution >= 0.6 is 0 Å². The second-order valence-corrected chi connectivity index (χ2v) is 7.90. The molecule has 0 aromatic heterocycles. The molecule has 0 atom stereocenters. The lowest BCUT2D eigenvalue weighted by Crippen LogP contribution is -2.20. The van der Waals surface area contributed by atoms with Crippen LogP contribution in [0.15, 0.2) is 24.3 Å². The van der Waals surface area contributed by atoms with E-state index in [0.717, 1.165) is 12.8 Å². The fourth-order valence-corrected chi connectivity index (χ4v) is 3.84. The van der Waals surface area contributed by atoms with Gasteiger partial charge in [0.05, 0.1) is 11.0 Å². The molecule has 0 unspecified atom stereocenters. The third-order valence-electron chi connectivity index (χ3n) is 6.04. The largest absolute Gasteiger partial charge is 0.481 e. The molecule has 2 aromatic rings. The summed E-state index contributed by atoms with van der Waals surface area (Å²) in [5.41, 5.74) is -1.04. The molecule has 9 heteroatoms. The predicted molar refractivity (Wildman–Crippen MR) is 108 cm³/mol. The number of rotatable bonds is 3. The second kappa shape index (κ2) is 7.55. The molecule has 2 saturated carbocycles.